The van der Waals surface area contributed by atoms with Crippen LogP contribution >= 0.6 is 0 Å². The Morgan fingerprint density at radius 3 is 2.22 bits per heavy atom. The lowest BCUT2D eigenvalue weighted by atomic mass is 9.34. The molecular weight excluding hydrogens is 456 g/mol. The first-order valence-corrected chi connectivity index (χ1v) is 14.3. The van der Waals surface area contributed by atoms with Gasteiger partial charge in [-0.1, -0.05) is 41.5 Å². The molecule has 6 heteroatoms. The van der Waals surface area contributed by atoms with Gasteiger partial charge in [0, 0.05) is 17.3 Å². The van der Waals surface area contributed by atoms with Gasteiger partial charge in [-0.05, 0) is 87.4 Å². The second kappa shape index (κ2) is 7.56. The molecule has 1 aliphatic heterocycles. The second-order valence-electron chi connectivity index (χ2n) is 15.4. The van der Waals surface area contributed by atoms with Crippen LogP contribution in [0.2, 0.25) is 0 Å². The molecule has 11 atom stereocenters. The van der Waals surface area contributed by atoms with Crippen LogP contribution in [0.5, 0.6) is 0 Å². The zero-order valence-electron chi connectivity index (χ0n) is 23.7. The molecule has 1 heterocycles. The maximum absolute atomic E-state index is 12.9. The van der Waals surface area contributed by atoms with Gasteiger partial charge >= 0.3 is 0 Å². The lowest BCUT2D eigenvalue weighted by Crippen LogP contribution is -2.73. The first-order chi connectivity index (χ1) is 16.3. The Bertz CT molecular complexity index is 940. The molecule has 5 aliphatic rings. The van der Waals surface area contributed by atoms with Gasteiger partial charge in [0.15, 0.2) is 0 Å². The molecule has 6 nitrogen and oxygen atoms in total. The summed E-state index contributed by atoms with van der Waals surface area (Å²) in [6, 6.07) is 0. The first kappa shape index (κ1) is 27.1. The predicted octanol–water partition coefficient (Wildman–Crippen LogP) is 4.01. The van der Waals surface area contributed by atoms with Crippen molar-refractivity contribution in [2.75, 3.05) is 0 Å². The molecule has 206 valence electrons. The van der Waals surface area contributed by atoms with Gasteiger partial charge < -0.3 is 25.2 Å². The molecule has 0 aromatic heterocycles. The van der Waals surface area contributed by atoms with Crippen molar-refractivity contribution in [2.24, 2.45) is 39.4 Å². The summed E-state index contributed by atoms with van der Waals surface area (Å²) in [6.45, 7) is 16.3. The highest BCUT2D eigenvalue weighted by Gasteiger charge is 2.80. The Morgan fingerprint density at radius 1 is 1.00 bits per heavy atom. The fourth-order valence-electron chi connectivity index (χ4n) is 10.9. The van der Waals surface area contributed by atoms with Crippen LogP contribution in [0.15, 0.2) is 0 Å². The van der Waals surface area contributed by atoms with E-state index in [9.17, 15) is 25.2 Å². The predicted molar refractivity (Wildman–Crippen MR) is 137 cm³/mol. The highest BCUT2D eigenvalue weighted by atomic mass is 16.5. The molecule has 5 fully saturated rings. The van der Waals surface area contributed by atoms with Gasteiger partial charge in [0.1, 0.15) is 23.1 Å². The maximum Gasteiger partial charge on any atom is 0.138 e. The minimum absolute atomic E-state index is 0.0112. The van der Waals surface area contributed by atoms with Crippen LogP contribution in [0.3, 0.4) is 0 Å². The molecular formula is C30H50O6. The van der Waals surface area contributed by atoms with Crippen molar-refractivity contribution in [2.45, 2.75) is 142 Å². The Hall–Kier alpha value is -0.530. The average Bonchev–Trinajstić information content (AvgIpc) is 2.95. The topological polar surface area (TPSA) is 107 Å². The van der Waals surface area contributed by atoms with E-state index in [0.29, 0.717) is 43.3 Å². The number of carbonyl (C=O) groups excluding carboxylic acids is 1. The zero-order chi connectivity index (χ0) is 26.9. The van der Waals surface area contributed by atoms with Crippen LogP contribution in [0.1, 0.15) is 107 Å². The van der Waals surface area contributed by atoms with Crippen molar-refractivity contribution in [3.8, 4) is 0 Å². The summed E-state index contributed by atoms with van der Waals surface area (Å²) in [5.41, 5.74) is -5.15. The molecule has 0 radical (unpaired) electrons. The van der Waals surface area contributed by atoms with E-state index in [1.165, 1.54) is 0 Å². The lowest BCUT2D eigenvalue weighted by molar-refractivity contribution is -0.308. The number of Topliss-reactive ketones (excluding diaryl/α,β-unsaturated/α-hetero) is 1. The van der Waals surface area contributed by atoms with Gasteiger partial charge in [-0.3, -0.25) is 4.79 Å². The molecule has 5 rings (SSSR count). The molecule has 0 unspecified atom stereocenters. The summed E-state index contributed by atoms with van der Waals surface area (Å²) in [5.74, 6) is 0.765. The third-order valence-electron chi connectivity index (χ3n) is 13.3. The second-order valence-corrected chi connectivity index (χ2v) is 15.4. The summed E-state index contributed by atoms with van der Waals surface area (Å²) in [6.07, 6.45) is 3.36. The van der Waals surface area contributed by atoms with Gasteiger partial charge in [-0.15, -0.1) is 0 Å². The number of ketones is 1. The van der Waals surface area contributed by atoms with E-state index in [0.717, 1.165) is 25.7 Å². The number of hydrogen-bond acceptors (Lipinski definition) is 6. The summed E-state index contributed by atoms with van der Waals surface area (Å²) in [5, 5.41) is 46.3. The Morgan fingerprint density at radius 2 is 1.61 bits per heavy atom. The quantitative estimate of drug-likeness (QED) is 0.451. The number of rotatable bonds is 2. The Balaban J connectivity index is 1.55. The number of hydrogen-bond donors (Lipinski definition) is 4. The van der Waals surface area contributed by atoms with Crippen molar-refractivity contribution in [1.29, 1.82) is 0 Å². The van der Waals surface area contributed by atoms with Crippen LogP contribution in [0.25, 0.3) is 0 Å². The minimum Gasteiger partial charge on any atom is -0.388 e. The molecule has 0 amide bonds. The van der Waals surface area contributed by atoms with E-state index >= 15 is 0 Å². The molecule has 0 aromatic rings. The molecule has 36 heavy (non-hydrogen) atoms. The normalized spacial score (nSPS) is 55.2. The number of aliphatic hydroxyl groups is 4. The SMILES string of the molecule is C[C@@H]1C[C@H]([C@H](O)C(C)(C)O)O[C@@H]2C[C@@]3(C)[C@](O)(CC[C@H]4[C@@]5(C)CCC(=O)C(C)(C)[C@H]5CC[C@]43C)[C@@]12O. The number of aliphatic hydroxyl groups excluding tert-OH is 1. The summed E-state index contributed by atoms with van der Waals surface area (Å²) >= 11 is 0. The Kier molecular flexibility index (Phi) is 5.68. The van der Waals surface area contributed by atoms with E-state index in [1.54, 1.807) is 13.8 Å². The largest absolute Gasteiger partial charge is 0.388 e. The summed E-state index contributed by atoms with van der Waals surface area (Å²) in [4.78, 5) is 12.9. The summed E-state index contributed by atoms with van der Waals surface area (Å²) in [7, 11) is 0. The van der Waals surface area contributed by atoms with E-state index < -0.39 is 40.5 Å². The molecule has 4 aliphatic carbocycles. The number of carbonyl (C=O) groups is 1. The van der Waals surface area contributed by atoms with E-state index in [-0.39, 0.29) is 22.2 Å². The van der Waals surface area contributed by atoms with Gasteiger partial charge in [-0.2, -0.15) is 0 Å². The molecule has 0 spiro atoms. The van der Waals surface area contributed by atoms with Gasteiger partial charge in [0.2, 0.25) is 0 Å². The van der Waals surface area contributed by atoms with Crippen LogP contribution in [-0.2, 0) is 9.53 Å². The van der Waals surface area contributed by atoms with E-state index in [4.69, 9.17) is 4.74 Å². The monoisotopic (exact) mass is 506 g/mol. The first-order valence-electron chi connectivity index (χ1n) is 14.3. The minimum atomic E-state index is -1.41. The smallest absolute Gasteiger partial charge is 0.138 e. The van der Waals surface area contributed by atoms with Gasteiger partial charge in [0.25, 0.3) is 0 Å². The standard InChI is InChI=1S/C30H50O6/c1-17-15-18(23(32)25(4,5)33)36-22-16-28(8)27(7)13-9-19-24(2,3)21(31)11-12-26(19,6)20(27)10-14-29(28,34)30(17,22)35/h17-20,22-23,32-35H,9-16H2,1-8H3/t17-,18-,19-,20+,22-,23+,26+,27-,28-,29-,30-/m1/s1. The van der Waals surface area contributed by atoms with Crippen LogP contribution in [-0.4, -0.2) is 61.3 Å². The zero-order valence-corrected chi connectivity index (χ0v) is 23.7. The maximum atomic E-state index is 12.9. The van der Waals surface area contributed by atoms with Gasteiger partial charge in [0.05, 0.1) is 17.8 Å². The fourth-order valence-corrected chi connectivity index (χ4v) is 10.9. The van der Waals surface area contributed by atoms with Crippen LogP contribution in [0, 0.1) is 39.4 Å². The highest BCUT2D eigenvalue weighted by Crippen LogP contribution is 2.77. The van der Waals surface area contributed by atoms with Crippen molar-refractivity contribution < 1.29 is 30.0 Å². The molecule has 1 saturated heterocycles. The fraction of sp³-hybridized carbons (Fsp3) is 0.967. The number of ether oxygens (including phenoxy) is 1. The van der Waals surface area contributed by atoms with E-state index in [1.807, 2.05) is 6.92 Å². The highest BCUT2D eigenvalue weighted by molar-refractivity contribution is 5.85. The van der Waals surface area contributed by atoms with E-state index in [2.05, 4.69) is 34.6 Å². The van der Waals surface area contributed by atoms with Crippen molar-refractivity contribution in [3.05, 3.63) is 0 Å². The summed E-state index contributed by atoms with van der Waals surface area (Å²) < 4.78 is 6.43. The van der Waals surface area contributed by atoms with Crippen molar-refractivity contribution in [1.82, 2.24) is 0 Å². The Labute approximate surface area is 217 Å². The molecule has 0 aromatic carbocycles. The lowest BCUT2D eigenvalue weighted by Gasteiger charge is -2.71. The van der Waals surface area contributed by atoms with Crippen molar-refractivity contribution >= 4 is 5.78 Å². The van der Waals surface area contributed by atoms with Crippen LogP contribution < -0.4 is 0 Å². The third-order valence-corrected chi connectivity index (χ3v) is 13.3. The average molecular weight is 507 g/mol. The molecule has 4 saturated carbocycles. The molecule has 4 N–H and O–H groups in total. The number of fused-ring (bicyclic) bond motifs is 7. The van der Waals surface area contributed by atoms with Crippen molar-refractivity contribution in [3.63, 3.8) is 0 Å². The third kappa shape index (κ3) is 2.94. The van der Waals surface area contributed by atoms with Crippen LogP contribution in [0.4, 0.5) is 0 Å². The molecule has 0 bridgehead atoms. The van der Waals surface area contributed by atoms with Gasteiger partial charge in [-0.25, -0.2) is 0 Å².